The summed E-state index contributed by atoms with van der Waals surface area (Å²) in [5.41, 5.74) is 2.01. The van der Waals surface area contributed by atoms with E-state index < -0.39 is 6.10 Å². The van der Waals surface area contributed by atoms with E-state index >= 15 is 0 Å². The number of carbonyl (C=O) groups is 1. The average molecular weight is 294 g/mol. The number of rotatable bonds is 2. The van der Waals surface area contributed by atoms with Crippen LogP contribution in [-0.2, 0) is 4.79 Å². The summed E-state index contributed by atoms with van der Waals surface area (Å²) in [5.74, 6) is -0.114. The number of ketones is 1. The van der Waals surface area contributed by atoms with E-state index in [1.165, 1.54) is 5.56 Å². The molecule has 2 aromatic carbocycles. The molecule has 1 aliphatic rings. The van der Waals surface area contributed by atoms with Gasteiger partial charge in [-0.15, -0.1) is 0 Å². The topological polar surface area (TPSA) is 37.3 Å². The largest absolute Gasteiger partial charge is 0.385 e. The molecule has 2 heteroatoms. The first-order valence-corrected chi connectivity index (χ1v) is 7.82. The van der Waals surface area contributed by atoms with Crippen molar-refractivity contribution in [1.82, 2.24) is 0 Å². The standard InChI is InChI=1S/C20H22O2/c1-20(2)16(14-9-5-3-6-10-14)13-17(21)19(22)18(20)15-11-7-4-8-12-15/h3-12,16,18-19,22H,13H2,1-2H3/t16-,18-,19+/m1/s1. The lowest BCUT2D eigenvalue weighted by Crippen LogP contribution is -2.46. The average Bonchev–Trinajstić information content (AvgIpc) is 2.53. The Morgan fingerprint density at radius 2 is 1.41 bits per heavy atom. The molecule has 0 amide bonds. The quantitative estimate of drug-likeness (QED) is 0.911. The first-order chi connectivity index (χ1) is 10.5. The fraction of sp³-hybridized carbons (Fsp3) is 0.350. The van der Waals surface area contributed by atoms with Crippen LogP contribution < -0.4 is 0 Å². The number of hydrogen-bond donors (Lipinski definition) is 1. The van der Waals surface area contributed by atoms with Crippen molar-refractivity contribution >= 4 is 5.78 Å². The van der Waals surface area contributed by atoms with Gasteiger partial charge in [0.2, 0.25) is 0 Å². The van der Waals surface area contributed by atoms with Crippen molar-refractivity contribution < 1.29 is 9.90 Å². The van der Waals surface area contributed by atoms with Crippen molar-refractivity contribution in [3.63, 3.8) is 0 Å². The molecule has 2 aromatic rings. The van der Waals surface area contributed by atoms with Crippen molar-refractivity contribution in [3.8, 4) is 0 Å². The maximum Gasteiger partial charge on any atom is 0.162 e. The Balaban J connectivity index is 2.07. The smallest absolute Gasteiger partial charge is 0.162 e. The highest BCUT2D eigenvalue weighted by atomic mass is 16.3. The third-order valence-electron chi connectivity index (χ3n) is 5.11. The molecule has 1 N–H and O–H groups in total. The van der Waals surface area contributed by atoms with Gasteiger partial charge in [-0.3, -0.25) is 4.79 Å². The van der Waals surface area contributed by atoms with Crippen LogP contribution in [0.15, 0.2) is 60.7 Å². The Hall–Kier alpha value is -1.93. The van der Waals surface area contributed by atoms with Crippen LogP contribution in [0.1, 0.15) is 43.2 Å². The third-order valence-corrected chi connectivity index (χ3v) is 5.11. The van der Waals surface area contributed by atoms with Gasteiger partial charge >= 0.3 is 0 Å². The van der Waals surface area contributed by atoms with E-state index in [0.717, 1.165) is 5.56 Å². The van der Waals surface area contributed by atoms with Crippen LogP contribution in [0.2, 0.25) is 0 Å². The molecule has 22 heavy (non-hydrogen) atoms. The highest BCUT2D eigenvalue weighted by Crippen LogP contribution is 2.53. The molecule has 0 radical (unpaired) electrons. The molecule has 1 saturated carbocycles. The van der Waals surface area contributed by atoms with Crippen molar-refractivity contribution in [1.29, 1.82) is 0 Å². The summed E-state index contributed by atoms with van der Waals surface area (Å²) in [4.78, 5) is 12.4. The van der Waals surface area contributed by atoms with Gasteiger partial charge in [0.15, 0.2) is 5.78 Å². The first-order valence-electron chi connectivity index (χ1n) is 7.82. The van der Waals surface area contributed by atoms with Gasteiger partial charge in [-0.1, -0.05) is 74.5 Å². The zero-order valence-electron chi connectivity index (χ0n) is 13.1. The van der Waals surface area contributed by atoms with Crippen LogP contribution in [0.25, 0.3) is 0 Å². The Morgan fingerprint density at radius 1 is 0.909 bits per heavy atom. The lowest BCUT2D eigenvalue weighted by molar-refractivity contribution is -0.136. The van der Waals surface area contributed by atoms with E-state index in [4.69, 9.17) is 0 Å². The minimum Gasteiger partial charge on any atom is -0.385 e. The fourth-order valence-electron chi connectivity index (χ4n) is 3.90. The molecule has 3 rings (SSSR count). The molecule has 0 aromatic heterocycles. The maximum atomic E-state index is 12.4. The number of Topliss-reactive ketones (excluding diaryl/α,β-unsaturated/α-hetero) is 1. The van der Waals surface area contributed by atoms with Crippen molar-refractivity contribution in [3.05, 3.63) is 71.8 Å². The molecule has 0 heterocycles. The normalized spacial score (nSPS) is 27.6. The van der Waals surface area contributed by atoms with Gasteiger partial charge in [0.25, 0.3) is 0 Å². The highest BCUT2D eigenvalue weighted by molar-refractivity contribution is 5.86. The van der Waals surface area contributed by atoms with E-state index in [1.54, 1.807) is 0 Å². The predicted molar refractivity (Wildman–Crippen MR) is 87.8 cm³/mol. The SMILES string of the molecule is CC1(C)[C@@H](c2ccccc2)CC(=O)[C@H](O)[C@H]1c1ccccc1. The molecule has 1 aliphatic carbocycles. The summed E-state index contributed by atoms with van der Waals surface area (Å²) < 4.78 is 0. The minimum absolute atomic E-state index is 0.0537. The van der Waals surface area contributed by atoms with Crippen molar-refractivity contribution in [2.24, 2.45) is 5.41 Å². The van der Waals surface area contributed by atoms with E-state index in [0.29, 0.717) is 6.42 Å². The summed E-state index contributed by atoms with van der Waals surface area (Å²) in [6.45, 7) is 4.33. The fourth-order valence-corrected chi connectivity index (χ4v) is 3.90. The number of aliphatic hydroxyl groups is 1. The van der Waals surface area contributed by atoms with Gasteiger partial charge in [0, 0.05) is 12.3 Å². The lowest BCUT2D eigenvalue weighted by Gasteiger charge is -2.47. The molecule has 0 aliphatic heterocycles. The minimum atomic E-state index is -0.919. The van der Waals surface area contributed by atoms with E-state index in [1.807, 2.05) is 48.5 Å². The van der Waals surface area contributed by atoms with Gasteiger partial charge in [-0.05, 0) is 22.5 Å². The molecule has 0 saturated heterocycles. The van der Waals surface area contributed by atoms with Gasteiger partial charge in [-0.25, -0.2) is 0 Å². The zero-order valence-corrected chi connectivity index (χ0v) is 13.1. The van der Waals surface area contributed by atoms with Crippen LogP contribution >= 0.6 is 0 Å². The second-order valence-electron chi connectivity index (χ2n) is 6.79. The van der Waals surface area contributed by atoms with Gasteiger partial charge in [-0.2, -0.15) is 0 Å². The predicted octanol–water partition coefficient (Wildman–Crippen LogP) is 3.91. The zero-order chi connectivity index (χ0) is 15.7. The summed E-state index contributed by atoms with van der Waals surface area (Å²) in [5, 5.41) is 10.5. The molecule has 114 valence electrons. The summed E-state index contributed by atoms with van der Waals surface area (Å²) in [7, 11) is 0. The summed E-state index contributed by atoms with van der Waals surface area (Å²) in [6.07, 6.45) is -0.515. The van der Waals surface area contributed by atoms with E-state index in [9.17, 15) is 9.90 Å². The number of carbonyl (C=O) groups excluding carboxylic acids is 1. The van der Waals surface area contributed by atoms with Crippen LogP contribution in [0.3, 0.4) is 0 Å². The van der Waals surface area contributed by atoms with Crippen molar-refractivity contribution in [2.45, 2.75) is 38.2 Å². The monoisotopic (exact) mass is 294 g/mol. The lowest BCUT2D eigenvalue weighted by atomic mass is 9.57. The number of hydrogen-bond acceptors (Lipinski definition) is 2. The van der Waals surface area contributed by atoms with Crippen LogP contribution in [0.5, 0.6) is 0 Å². The van der Waals surface area contributed by atoms with Crippen LogP contribution in [0, 0.1) is 5.41 Å². The third kappa shape index (κ3) is 2.48. The molecule has 3 atom stereocenters. The van der Waals surface area contributed by atoms with E-state index in [-0.39, 0.29) is 23.0 Å². The first kappa shape index (κ1) is 15.0. The second kappa shape index (κ2) is 5.69. The molecule has 0 bridgehead atoms. The molecular weight excluding hydrogens is 272 g/mol. The van der Waals surface area contributed by atoms with Gasteiger partial charge in [0.05, 0.1) is 0 Å². The summed E-state index contributed by atoms with van der Waals surface area (Å²) in [6, 6.07) is 20.1. The second-order valence-corrected chi connectivity index (χ2v) is 6.79. The molecule has 0 spiro atoms. The molecule has 2 nitrogen and oxygen atoms in total. The van der Waals surface area contributed by atoms with Crippen molar-refractivity contribution in [2.75, 3.05) is 0 Å². The van der Waals surface area contributed by atoms with E-state index in [2.05, 4.69) is 26.0 Å². The van der Waals surface area contributed by atoms with Gasteiger partial charge < -0.3 is 5.11 Å². The Labute approximate surface area is 131 Å². The molecule has 0 unspecified atom stereocenters. The Kier molecular flexibility index (Phi) is 3.88. The Bertz CT molecular complexity index is 646. The maximum absolute atomic E-state index is 12.4. The Morgan fingerprint density at radius 3 is 1.95 bits per heavy atom. The van der Waals surface area contributed by atoms with Crippen LogP contribution in [-0.4, -0.2) is 17.0 Å². The molecule has 1 fully saturated rings. The highest BCUT2D eigenvalue weighted by Gasteiger charge is 2.49. The van der Waals surface area contributed by atoms with Crippen LogP contribution in [0.4, 0.5) is 0 Å². The van der Waals surface area contributed by atoms with Gasteiger partial charge in [0.1, 0.15) is 6.10 Å². The summed E-state index contributed by atoms with van der Waals surface area (Å²) >= 11 is 0. The number of aliphatic hydroxyl groups excluding tert-OH is 1. The molecular formula is C20H22O2. The number of benzene rings is 2.